The molecule has 0 aliphatic heterocycles. The SMILES string of the molecule is CC(Nc1nc(N)n2nccc2n1)c1cc2cccc(Cl)c2nc1NCc1cn(C)cn1. The van der Waals surface area contributed by atoms with E-state index in [1.165, 1.54) is 4.52 Å². The first-order valence-electron chi connectivity index (χ1n) is 10.0. The van der Waals surface area contributed by atoms with Gasteiger partial charge in [0.15, 0.2) is 5.65 Å². The molecule has 4 heterocycles. The Hall–Kier alpha value is -3.92. The maximum absolute atomic E-state index is 6.41. The van der Waals surface area contributed by atoms with Crippen LogP contribution >= 0.6 is 11.6 Å². The Labute approximate surface area is 188 Å². The summed E-state index contributed by atoms with van der Waals surface area (Å²) in [6.45, 7) is 2.54. The predicted molar refractivity (Wildman–Crippen MR) is 125 cm³/mol. The van der Waals surface area contributed by atoms with Crippen LogP contribution in [0.5, 0.6) is 0 Å². The van der Waals surface area contributed by atoms with Crippen molar-refractivity contribution >= 4 is 45.9 Å². The van der Waals surface area contributed by atoms with Gasteiger partial charge in [0.05, 0.1) is 41.3 Å². The van der Waals surface area contributed by atoms with Crippen LogP contribution in [0.4, 0.5) is 17.7 Å². The second-order valence-corrected chi connectivity index (χ2v) is 7.90. The standard InChI is InChI=1S/C21H21ClN10/c1-12(27-21-28-17-6-7-26-32(17)20(23)30-21)15-8-13-4-3-5-16(22)18(13)29-19(15)24-9-14-10-31(2)11-25-14/h3-8,10-12H,9H2,1-2H3,(H,24,29)(H3,23,27,28,30). The van der Waals surface area contributed by atoms with E-state index < -0.39 is 0 Å². The van der Waals surface area contributed by atoms with E-state index in [1.807, 2.05) is 42.9 Å². The molecule has 0 aliphatic rings. The topological polar surface area (TPSA) is 124 Å². The largest absolute Gasteiger partial charge is 0.368 e. The molecule has 0 bridgehead atoms. The number of nitrogen functional groups attached to an aromatic ring is 1. The average Bonchev–Trinajstić information content (AvgIpc) is 3.41. The van der Waals surface area contributed by atoms with Crippen molar-refractivity contribution in [1.29, 1.82) is 0 Å². The van der Waals surface area contributed by atoms with Gasteiger partial charge in [0.25, 0.3) is 0 Å². The number of aryl methyl sites for hydroxylation is 1. The molecule has 0 radical (unpaired) electrons. The van der Waals surface area contributed by atoms with Crippen LogP contribution in [0.1, 0.15) is 24.2 Å². The van der Waals surface area contributed by atoms with Gasteiger partial charge in [-0.05, 0) is 19.1 Å². The van der Waals surface area contributed by atoms with Gasteiger partial charge in [0, 0.05) is 30.3 Å². The van der Waals surface area contributed by atoms with Crippen LogP contribution in [0.25, 0.3) is 16.6 Å². The molecular formula is C21H21ClN10. The number of benzene rings is 1. The molecular weight excluding hydrogens is 428 g/mol. The molecule has 4 aromatic heterocycles. The summed E-state index contributed by atoms with van der Waals surface area (Å²) in [5.74, 6) is 1.37. The summed E-state index contributed by atoms with van der Waals surface area (Å²) in [6.07, 6.45) is 5.35. The molecule has 0 fully saturated rings. The normalized spacial score (nSPS) is 12.3. The number of nitrogens with two attached hydrogens (primary N) is 1. The van der Waals surface area contributed by atoms with Gasteiger partial charge in [0.1, 0.15) is 5.82 Å². The van der Waals surface area contributed by atoms with Gasteiger partial charge in [0.2, 0.25) is 11.9 Å². The lowest BCUT2D eigenvalue weighted by Crippen LogP contribution is -2.15. The number of para-hydroxylation sites is 1. The minimum atomic E-state index is -0.179. The zero-order valence-corrected chi connectivity index (χ0v) is 18.2. The number of imidazole rings is 1. The Morgan fingerprint density at radius 2 is 2.06 bits per heavy atom. The summed E-state index contributed by atoms with van der Waals surface area (Å²) in [6, 6.07) is 9.38. The molecule has 5 rings (SSSR count). The fraction of sp³-hybridized carbons (Fsp3) is 0.190. The van der Waals surface area contributed by atoms with Crippen molar-refractivity contribution in [2.24, 2.45) is 7.05 Å². The fourth-order valence-electron chi connectivity index (χ4n) is 3.57. The number of nitrogens with zero attached hydrogens (tertiary/aromatic N) is 7. The van der Waals surface area contributed by atoms with E-state index >= 15 is 0 Å². The number of aromatic nitrogens is 7. The van der Waals surface area contributed by atoms with Crippen LogP contribution in [-0.2, 0) is 13.6 Å². The Bertz CT molecular complexity index is 1420. The number of pyridine rings is 1. The number of hydrogen-bond donors (Lipinski definition) is 3. The molecule has 4 N–H and O–H groups in total. The van der Waals surface area contributed by atoms with Crippen LogP contribution in [0, 0.1) is 0 Å². The highest BCUT2D eigenvalue weighted by atomic mass is 35.5. The number of halogens is 1. The maximum Gasteiger partial charge on any atom is 0.228 e. The molecule has 0 saturated heterocycles. The molecule has 0 saturated carbocycles. The third-order valence-corrected chi connectivity index (χ3v) is 5.42. The molecule has 162 valence electrons. The maximum atomic E-state index is 6.41. The first-order chi connectivity index (χ1) is 15.5. The van der Waals surface area contributed by atoms with Crippen molar-refractivity contribution in [2.45, 2.75) is 19.5 Å². The molecule has 1 unspecified atom stereocenters. The van der Waals surface area contributed by atoms with Gasteiger partial charge in [-0.25, -0.2) is 9.97 Å². The minimum absolute atomic E-state index is 0.179. The summed E-state index contributed by atoms with van der Waals surface area (Å²) in [4.78, 5) is 18.0. The van der Waals surface area contributed by atoms with E-state index in [9.17, 15) is 0 Å². The molecule has 11 heteroatoms. The predicted octanol–water partition coefficient (Wildman–Crippen LogP) is 3.43. The van der Waals surface area contributed by atoms with Crippen molar-refractivity contribution in [1.82, 2.24) is 34.1 Å². The molecule has 1 atom stereocenters. The van der Waals surface area contributed by atoms with Crippen LogP contribution in [0.15, 0.2) is 49.1 Å². The zero-order chi connectivity index (χ0) is 22.2. The van der Waals surface area contributed by atoms with Crippen molar-refractivity contribution in [2.75, 3.05) is 16.4 Å². The van der Waals surface area contributed by atoms with Gasteiger partial charge in [-0.15, -0.1) is 0 Å². The first kappa shape index (κ1) is 20.0. The summed E-state index contributed by atoms with van der Waals surface area (Å²) in [5, 5.41) is 12.4. The van der Waals surface area contributed by atoms with E-state index in [-0.39, 0.29) is 12.0 Å². The Kier molecular flexibility index (Phi) is 4.98. The van der Waals surface area contributed by atoms with E-state index in [1.54, 1.807) is 18.6 Å². The smallest absolute Gasteiger partial charge is 0.228 e. The second-order valence-electron chi connectivity index (χ2n) is 7.49. The lowest BCUT2D eigenvalue weighted by atomic mass is 10.1. The Morgan fingerprint density at radius 1 is 1.19 bits per heavy atom. The summed E-state index contributed by atoms with van der Waals surface area (Å²) in [5.41, 5.74) is 9.20. The number of rotatable bonds is 6. The summed E-state index contributed by atoms with van der Waals surface area (Å²) < 4.78 is 3.39. The van der Waals surface area contributed by atoms with E-state index in [2.05, 4.69) is 36.8 Å². The highest BCUT2D eigenvalue weighted by Gasteiger charge is 2.17. The van der Waals surface area contributed by atoms with Gasteiger partial charge in [-0.1, -0.05) is 23.7 Å². The number of hydrogen-bond acceptors (Lipinski definition) is 8. The number of nitrogens with one attached hydrogen (secondary N) is 2. The van der Waals surface area contributed by atoms with Crippen molar-refractivity contribution in [3.8, 4) is 0 Å². The monoisotopic (exact) mass is 448 g/mol. The number of fused-ring (bicyclic) bond motifs is 2. The van der Waals surface area contributed by atoms with Crippen LogP contribution in [-0.4, -0.2) is 34.1 Å². The second kappa shape index (κ2) is 7.97. The van der Waals surface area contributed by atoms with Crippen LogP contribution in [0.3, 0.4) is 0 Å². The number of anilines is 3. The van der Waals surface area contributed by atoms with Crippen LogP contribution in [0.2, 0.25) is 5.02 Å². The summed E-state index contributed by atoms with van der Waals surface area (Å²) in [7, 11) is 1.94. The van der Waals surface area contributed by atoms with Gasteiger partial charge < -0.3 is 20.9 Å². The highest BCUT2D eigenvalue weighted by molar-refractivity contribution is 6.35. The molecule has 5 aromatic rings. The molecule has 1 aromatic carbocycles. The Morgan fingerprint density at radius 3 is 2.88 bits per heavy atom. The van der Waals surface area contributed by atoms with Crippen molar-refractivity contribution in [3.05, 3.63) is 65.3 Å². The lowest BCUT2D eigenvalue weighted by molar-refractivity contribution is 0.840. The zero-order valence-electron chi connectivity index (χ0n) is 17.5. The first-order valence-corrected chi connectivity index (χ1v) is 10.4. The van der Waals surface area contributed by atoms with Crippen molar-refractivity contribution in [3.63, 3.8) is 0 Å². The van der Waals surface area contributed by atoms with Crippen LogP contribution < -0.4 is 16.4 Å². The van der Waals surface area contributed by atoms with Crippen molar-refractivity contribution < 1.29 is 0 Å². The minimum Gasteiger partial charge on any atom is -0.368 e. The molecule has 0 aliphatic carbocycles. The average molecular weight is 449 g/mol. The van der Waals surface area contributed by atoms with E-state index in [0.29, 0.717) is 29.0 Å². The van der Waals surface area contributed by atoms with Gasteiger partial charge >= 0.3 is 0 Å². The molecule has 10 nitrogen and oxygen atoms in total. The Balaban J connectivity index is 1.50. The summed E-state index contributed by atoms with van der Waals surface area (Å²) >= 11 is 6.41. The highest BCUT2D eigenvalue weighted by Crippen LogP contribution is 2.31. The van der Waals surface area contributed by atoms with Gasteiger partial charge in [-0.2, -0.15) is 19.6 Å². The molecule has 0 spiro atoms. The molecule has 32 heavy (non-hydrogen) atoms. The van der Waals surface area contributed by atoms with E-state index in [0.717, 1.165) is 22.2 Å². The third kappa shape index (κ3) is 3.76. The fourth-order valence-corrected chi connectivity index (χ4v) is 3.79. The van der Waals surface area contributed by atoms with E-state index in [4.69, 9.17) is 22.3 Å². The quantitative estimate of drug-likeness (QED) is 0.361. The third-order valence-electron chi connectivity index (χ3n) is 5.11. The van der Waals surface area contributed by atoms with Gasteiger partial charge in [-0.3, -0.25) is 0 Å². The lowest BCUT2D eigenvalue weighted by Gasteiger charge is -2.19. The molecule has 0 amide bonds.